The van der Waals surface area contributed by atoms with Crippen LogP contribution in [0.3, 0.4) is 0 Å². The van der Waals surface area contributed by atoms with Crippen LogP contribution in [0.1, 0.15) is 47.3 Å². The molecule has 0 radical (unpaired) electrons. The highest BCUT2D eigenvalue weighted by atomic mass is 32.1. The minimum absolute atomic E-state index is 0.0387. The summed E-state index contributed by atoms with van der Waals surface area (Å²) in [4.78, 5) is 15.8. The quantitative estimate of drug-likeness (QED) is 0.253. The Morgan fingerprint density at radius 3 is 2.20 bits per heavy atom. The molecule has 35 heavy (non-hydrogen) atoms. The number of benzene rings is 2. The summed E-state index contributed by atoms with van der Waals surface area (Å²) in [6.45, 7) is 6.13. The van der Waals surface area contributed by atoms with E-state index in [9.17, 15) is 4.79 Å². The van der Waals surface area contributed by atoms with Crippen molar-refractivity contribution in [2.24, 2.45) is 0 Å². The van der Waals surface area contributed by atoms with Crippen molar-refractivity contribution in [3.8, 4) is 20.9 Å². The molecule has 1 fully saturated rings. The van der Waals surface area contributed by atoms with Gasteiger partial charge in [-0.25, -0.2) is 0 Å². The van der Waals surface area contributed by atoms with Crippen molar-refractivity contribution in [3.05, 3.63) is 88.1 Å². The van der Waals surface area contributed by atoms with Crippen molar-refractivity contribution in [2.75, 3.05) is 18.4 Å². The van der Waals surface area contributed by atoms with Gasteiger partial charge in [-0.15, -0.1) is 22.7 Å². The molecule has 0 aliphatic carbocycles. The van der Waals surface area contributed by atoms with Gasteiger partial charge in [-0.3, -0.25) is 4.79 Å². The topological polar surface area (TPSA) is 53.2 Å². The molecule has 4 nitrogen and oxygen atoms in total. The molecule has 2 aromatic heterocycles. The zero-order valence-electron chi connectivity index (χ0n) is 20.1. The average Bonchev–Trinajstić information content (AvgIpc) is 3.60. The third-order valence-corrected chi connectivity index (χ3v) is 8.44. The Bertz CT molecular complexity index is 1220. The van der Waals surface area contributed by atoms with Crippen LogP contribution in [0.2, 0.25) is 0 Å². The second kappa shape index (κ2) is 10.8. The molecule has 2 aromatic carbocycles. The van der Waals surface area contributed by atoms with E-state index in [1.54, 1.807) is 22.7 Å². The van der Waals surface area contributed by atoms with Gasteiger partial charge >= 0.3 is 0 Å². The number of rotatable bonds is 7. The van der Waals surface area contributed by atoms with Crippen LogP contribution in [0.5, 0.6) is 0 Å². The maximum absolute atomic E-state index is 13.4. The van der Waals surface area contributed by atoms with Crippen molar-refractivity contribution in [1.29, 1.82) is 0 Å². The maximum Gasteiger partial charge on any atom is 0.252 e. The summed E-state index contributed by atoms with van der Waals surface area (Å²) in [7, 11) is 0. The lowest BCUT2D eigenvalue weighted by Crippen LogP contribution is -2.35. The predicted octanol–water partition coefficient (Wildman–Crippen LogP) is 7.11. The van der Waals surface area contributed by atoms with Gasteiger partial charge < -0.3 is 16.0 Å². The number of aryl methyl sites for hydroxylation is 1. The van der Waals surface area contributed by atoms with E-state index >= 15 is 0 Å². The van der Waals surface area contributed by atoms with Gasteiger partial charge in [0.05, 0.1) is 6.04 Å². The molecule has 1 aliphatic heterocycles. The molecule has 1 saturated heterocycles. The lowest BCUT2D eigenvalue weighted by Gasteiger charge is -2.25. The molecule has 1 amide bonds. The number of thiophene rings is 2. The van der Waals surface area contributed by atoms with Crippen LogP contribution in [0.15, 0.2) is 71.4 Å². The molecule has 3 N–H and O–H groups in total. The first-order chi connectivity index (χ1) is 17.1. The maximum atomic E-state index is 13.4. The summed E-state index contributed by atoms with van der Waals surface area (Å²) >= 11 is 3.47. The first kappa shape index (κ1) is 23.8. The van der Waals surface area contributed by atoms with Gasteiger partial charge in [0.2, 0.25) is 0 Å². The summed E-state index contributed by atoms with van der Waals surface area (Å²) in [6.07, 6.45) is 2.19. The Balaban J connectivity index is 1.38. The molecule has 0 saturated carbocycles. The van der Waals surface area contributed by atoms with Crippen molar-refractivity contribution in [3.63, 3.8) is 0 Å². The highest BCUT2D eigenvalue weighted by Gasteiger charge is 2.18. The zero-order valence-corrected chi connectivity index (χ0v) is 21.8. The fraction of sp³-hybridized carbons (Fsp3) is 0.276. The van der Waals surface area contributed by atoms with Gasteiger partial charge in [0.15, 0.2) is 0 Å². The van der Waals surface area contributed by atoms with Gasteiger partial charge in [0.1, 0.15) is 0 Å². The third-order valence-electron chi connectivity index (χ3n) is 6.61. The molecular weight excluding hydrogens is 470 g/mol. The number of carbonyl (C=O) groups is 1. The standard InChI is InChI=1S/C29H31N3OS2/c1-19-7-8-25(32-24-9-11-30-12-10-24)18-26(19)29(33)31-20(2)21-15-22(27-5-3-13-34-27)17-23(16-21)28-6-4-14-35-28/h3-8,13-18,20,24,30,32H,9-12H2,1-2H3,(H,31,33)/t20-/m1/s1. The average molecular weight is 502 g/mol. The van der Waals surface area contributed by atoms with Crippen LogP contribution < -0.4 is 16.0 Å². The van der Waals surface area contributed by atoms with Gasteiger partial charge in [-0.05, 0) is 115 Å². The Morgan fingerprint density at radius 2 is 1.60 bits per heavy atom. The van der Waals surface area contributed by atoms with E-state index < -0.39 is 0 Å². The van der Waals surface area contributed by atoms with Crippen LogP contribution in [-0.4, -0.2) is 25.0 Å². The van der Waals surface area contributed by atoms with Gasteiger partial charge in [0.25, 0.3) is 5.91 Å². The van der Waals surface area contributed by atoms with E-state index in [2.05, 4.69) is 82.2 Å². The summed E-state index contributed by atoms with van der Waals surface area (Å²) in [5.41, 5.74) is 6.20. The smallest absolute Gasteiger partial charge is 0.252 e. The Labute approximate surface area is 215 Å². The first-order valence-electron chi connectivity index (χ1n) is 12.2. The Kier molecular flexibility index (Phi) is 7.32. The lowest BCUT2D eigenvalue weighted by molar-refractivity contribution is 0.0939. The molecule has 4 aromatic rings. The van der Waals surface area contributed by atoms with Crippen LogP contribution in [0, 0.1) is 6.92 Å². The molecule has 1 aliphatic rings. The summed E-state index contributed by atoms with van der Waals surface area (Å²) in [5, 5.41) is 14.5. The van der Waals surface area contributed by atoms with Crippen LogP contribution in [-0.2, 0) is 0 Å². The summed E-state index contributed by atoms with van der Waals surface area (Å²) in [5.74, 6) is -0.0387. The normalized spacial score (nSPS) is 15.0. The van der Waals surface area contributed by atoms with E-state index in [0.717, 1.165) is 48.3 Å². The third kappa shape index (κ3) is 5.67. The van der Waals surface area contributed by atoms with Gasteiger partial charge in [0, 0.05) is 27.0 Å². The molecule has 1 atom stereocenters. The number of nitrogens with one attached hydrogen (secondary N) is 3. The van der Waals surface area contributed by atoms with Crippen molar-refractivity contribution < 1.29 is 4.79 Å². The van der Waals surface area contributed by atoms with Crippen molar-refractivity contribution in [2.45, 2.75) is 38.8 Å². The summed E-state index contributed by atoms with van der Waals surface area (Å²) in [6, 6.07) is 21.5. The SMILES string of the molecule is Cc1ccc(NC2CCNCC2)cc1C(=O)N[C@H](C)c1cc(-c2cccs2)cc(-c2cccs2)c1. The van der Waals surface area contributed by atoms with Crippen LogP contribution in [0.4, 0.5) is 5.69 Å². The zero-order chi connectivity index (χ0) is 24.2. The Hall–Kier alpha value is -2.93. The lowest BCUT2D eigenvalue weighted by atomic mass is 9.98. The van der Waals surface area contributed by atoms with E-state index in [1.807, 2.05) is 19.1 Å². The van der Waals surface area contributed by atoms with Gasteiger partial charge in [-0.1, -0.05) is 18.2 Å². The number of carbonyl (C=O) groups excluding carboxylic acids is 1. The fourth-order valence-electron chi connectivity index (χ4n) is 4.59. The van der Waals surface area contributed by atoms with E-state index in [0.29, 0.717) is 6.04 Å². The molecule has 0 spiro atoms. The van der Waals surface area contributed by atoms with Crippen LogP contribution >= 0.6 is 22.7 Å². The highest BCUT2D eigenvalue weighted by molar-refractivity contribution is 7.14. The predicted molar refractivity (Wildman–Crippen MR) is 150 cm³/mol. The molecule has 3 heterocycles. The number of amides is 1. The number of hydrogen-bond donors (Lipinski definition) is 3. The van der Waals surface area contributed by atoms with E-state index in [-0.39, 0.29) is 11.9 Å². The second-order valence-corrected chi connectivity index (χ2v) is 11.1. The van der Waals surface area contributed by atoms with E-state index in [4.69, 9.17) is 0 Å². The van der Waals surface area contributed by atoms with Crippen LogP contribution in [0.25, 0.3) is 20.9 Å². The number of hydrogen-bond acceptors (Lipinski definition) is 5. The van der Waals surface area contributed by atoms with Crippen molar-refractivity contribution in [1.82, 2.24) is 10.6 Å². The minimum Gasteiger partial charge on any atom is -0.382 e. The number of anilines is 1. The molecule has 6 heteroatoms. The molecule has 0 unspecified atom stereocenters. The Morgan fingerprint density at radius 1 is 0.943 bits per heavy atom. The first-order valence-corrected chi connectivity index (χ1v) is 13.9. The fourth-order valence-corrected chi connectivity index (χ4v) is 6.02. The molecule has 180 valence electrons. The second-order valence-electron chi connectivity index (χ2n) is 9.19. The molecule has 0 bridgehead atoms. The number of piperidine rings is 1. The van der Waals surface area contributed by atoms with E-state index in [1.165, 1.54) is 20.9 Å². The summed E-state index contributed by atoms with van der Waals surface area (Å²) < 4.78 is 0. The van der Waals surface area contributed by atoms with Gasteiger partial charge in [-0.2, -0.15) is 0 Å². The van der Waals surface area contributed by atoms with Crippen molar-refractivity contribution >= 4 is 34.3 Å². The minimum atomic E-state index is -0.124. The molecular formula is C29H31N3OS2. The largest absolute Gasteiger partial charge is 0.382 e. The highest BCUT2D eigenvalue weighted by Crippen LogP contribution is 2.34. The molecule has 5 rings (SSSR count). The monoisotopic (exact) mass is 501 g/mol.